The molecule has 0 N–H and O–H groups in total. The first-order valence-corrected chi connectivity index (χ1v) is 13.7. The summed E-state index contributed by atoms with van der Waals surface area (Å²) < 4.78 is 107. The van der Waals surface area contributed by atoms with Gasteiger partial charge in [-0.05, 0) is 58.7 Å². The van der Waals surface area contributed by atoms with E-state index in [2.05, 4.69) is 0 Å². The van der Waals surface area contributed by atoms with Crippen molar-refractivity contribution < 1.29 is 39.9 Å². The maximum absolute atomic E-state index is 14.2. The second-order valence-corrected chi connectivity index (χ2v) is 11.3. The van der Waals surface area contributed by atoms with Gasteiger partial charge in [0.05, 0.1) is 11.1 Å². The van der Waals surface area contributed by atoms with Crippen LogP contribution in [0.5, 0.6) is 0 Å². The molecule has 1 fully saturated rings. The highest BCUT2D eigenvalue weighted by Crippen LogP contribution is 2.38. The zero-order valence-corrected chi connectivity index (χ0v) is 23.2. The van der Waals surface area contributed by atoms with Gasteiger partial charge in [0.15, 0.2) is 0 Å². The van der Waals surface area contributed by atoms with Gasteiger partial charge in [0, 0.05) is 59.2 Å². The van der Waals surface area contributed by atoms with Crippen molar-refractivity contribution in [2.75, 3.05) is 33.2 Å². The molecule has 230 valence electrons. The summed E-state index contributed by atoms with van der Waals surface area (Å²) in [5.74, 6) is -2.35. The Balaban J connectivity index is 1.34. The normalized spacial score (nSPS) is 17.6. The zero-order valence-electron chi connectivity index (χ0n) is 23.2. The van der Waals surface area contributed by atoms with Crippen LogP contribution < -0.4 is 0 Å². The second-order valence-electron chi connectivity index (χ2n) is 11.3. The standard InChI is InChI=1S/C31H29F8N3O/c1-40(18-20-10-24(30(34,35)36)14-26(32)12-20)28(43)29(16-22-4-2-3-5-23(22)17-29)42-8-6-41(7-9-42)19-21-11-25(31(37,38)39)15-27(33)13-21/h2-5,10-15H,6-9,16-19H2,1H3. The fourth-order valence-corrected chi connectivity index (χ4v) is 6.21. The molecule has 1 heterocycles. The van der Waals surface area contributed by atoms with Crippen molar-refractivity contribution >= 4 is 5.91 Å². The van der Waals surface area contributed by atoms with Crippen LogP contribution in [0.15, 0.2) is 60.7 Å². The number of carbonyl (C=O) groups excluding carboxylic acids is 1. The molecule has 1 aliphatic heterocycles. The lowest BCUT2D eigenvalue weighted by molar-refractivity contribution is -0.145. The molecule has 0 atom stereocenters. The van der Waals surface area contributed by atoms with Crippen LogP contribution in [-0.2, 0) is 43.1 Å². The van der Waals surface area contributed by atoms with Crippen molar-refractivity contribution in [3.05, 3.63) is 106 Å². The van der Waals surface area contributed by atoms with Gasteiger partial charge >= 0.3 is 12.4 Å². The van der Waals surface area contributed by atoms with Crippen molar-refractivity contribution in [3.63, 3.8) is 0 Å². The van der Waals surface area contributed by atoms with Gasteiger partial charge in [-0.1, -0.05) is 24.3 Å². The summed E-state index contributed by atoms with van der Waals surface area (Å²) in [6, 6.07) is 12.2. The predicted octanol–water partition coefficient (Wildman–Crippen LogP) is 6.32. The molecule has 3 aromatic carbocycles. The molecule has 1 amide bonds. The van der Waals surface area contributed by atoms with E-state index in [0.29, 0.717) is 51.2 Å². The first-order valence-electron chi connectivity index (χ1n) is 13.7. The zero-order chi connectivity index (χ0) is 31.2. The maximum atomic E-state index is 14.2. The van der Waals surface area contributed by atoms with Crippen molar-refractivity contribution in [2.45, 2.75) is 43.8 Å². The SMILES string of the molecule is CN(Cc1cc(F)cc(C(F)(F)F)c1)C(=O)C1(N2CCN(Cc3cc(F)cc(C(F)(F)F)c3)CC2)Cc2ccccc2C1. The van der Waals surface area contributed by atoms with E-state index >= 15 is 0 Å². The van der Waals surface area contributed by atoms with Crippen molar-refractivity contribution in [1.29, 1.82) is 0 Å². The number of rotatable bonds is 6. The first kappa shape index (κ1) is 30.9. The molecular weight excluding hydrogens is 582 g/mol. The van der Waals surface area contributed by atoms with E-state index < -0.39 is 40.7 Å². The van der Waals surface area contributed by atoms with Crippen LogP contribution in [0.25, 0.3) is 0 Å². The summed E-state index contributed by atoms with van der Waals surface area (Å²) >= 11 is 0. The van der Waals surface area contributed by atoms with E-state index in [1.54, 1.807) is 0 Å². The minimum absolute atomic E-state index is 0.00646. The van der Waals surface area contributed by atoms with Crippen LogP contribution in [-0.4, -0.2) is 59.4 Å². The number of piperazine rings is 1. The topological polar surface area (TPSA) is 26.8 Å². The molecule has 3 aromatic rings. The van der Waals surface area contributed by atoms with Gasteiger partial charge in [0.25, 0.3) is 0 Å². The van der Waals surface area contributed by atoms with Crippen molar-refractivity contribution in [3.8, 4) is 0 Å². The number of fused-ring (bicyclic) bond motifs is 1. The number of likely N-dealkylation sites (N-methyl/N-ethyl adjacent to an activating group) is 1. The molecule has 0 aromatic heterocycles. The summed E-state index contributed by atoms with van der Waals surface area (Å²) in [6.07, 6.45) is -8.69. The van der Waals surface area contributed by atoms with E-state index in [1.807, 2.05) is 34.1 Å². The average Bonchev–Trinajstić information content (AvgIpc) is 3.32. The second kappa shape index (κ2) is 11.5. The Morgan fingerprint density at radius 2 is 1.26 bits per heavy atom. The lowest BCUT2D eigenvalue weighted by Gasteiger charge is -2.46. The summed E-state index contributed by atoms with van der Waals surface area (Å²) in [4.78, 5) is 19.4. The smallest absolute Gasteiger partial charge is 0.340 e. The molecule has 0 bridgehead atoms. The van der Waals surface area contributed by atoms with Crippen LogP contribution in [0.4, 0.5) is 35.1 Å². The van der Waals surface area contributed by atoms with E-state index in [-0.39, 0.29) is 30.1 Å². The highest BCUT2D eigenvalue weighted by molar-refractivity contribution is 5.88. The number of halogens is 8. The van der Waals surface area contributed by atoms with Crippen LogP contribution >= 0.6 is 0 Å². The van der Waals surface area contributed by atoms with E-state index in [9.17, 15) is 39.9 Å². The Labute approximate surface area is 243 Å². The third-order valence-electron chi connectivity index (χ3n) is 8.20. The predicted molar refractivity (Wildman–Crippen MR) is 143 cm³/mol. The number of benzene rings is 3. The largest absolute Gasteiger partial charge is 0.416 e. The van der Waals surface area contributed by atoms with Crippen LogP contribution in [0.3, 0.4) is 0 Å². The highest BCUT2D eigenvalue weighted by atomic mass is 19.4. The number of nitrogens with zero attached hydrogens (tertiary/aromatic N) is 3. The molecule has 12 heteroatoms. The van der Waals surface area contributed by atoms with Crippen LogP contribution in [0.1, 0.15) is 33.4 Å². The van der Waals surface area contributed by atoms with Gasteiger partial charge in [-0.3, -0.25) is 14.6 Å². The molecular formula is C31H29F8N3O. The lowest BCUT2D eigenvalue weighted by atomic mass is 9.90. The highest BCUT2D eigenvalue weighted by Gasteiger charge is 2.50. The summed E-state index contributed by atoms with van der Waals surface area (Å²) in [5.41, 5.74) is -1.11. The molecule has 43 heavy (non-hydrogen) atoms. The molecule has 1 saturated heterocycles. The molecule has 2 aliphatic rings. The number of hydrogen-bond donors (Lipinski definition) is 0. The Morgan fingerprint density at radius 1 is 0.767 bits per heavy atom. The van der Waals surface area contributed by atoms with Gasteiger partial charge in [-0.15, -0.1) is 0 Å². The van der Waals surface area contributed by atoms with E-state index in [0.717, 1.165) is 35.4 Å². The number of alkyl halides is 6. The third-order valence-corrected chi connectivity index (χ3v) is 8.20. The molecule has 0 unspecified atom stereocenters. The third kappa shape index (κ3) is 6.70. The Morgan fingerprint density at radius 3 is 1.77 bits per heavy atom. The molecule has 1 aliphatic carbocycles. The van der Waals surface area contributed by atoms with Gasteiger partial charge in [-0.25, -0.2) is 8.78 Å². The van der Waals surface area contributed by atoms with Crippen molar-refractivity contribution in [2.24, 2.45) is 0 Å². The quantitative estimate of drug-likeness (QED) is 0.306. The number of hydrogen-bond acceptors (Lipinski definition) is 3. The Bertz CT molecular complexity index is 1470. The monoisotopic (exact) mass is 611 g/mol. The van der Waals surface area contributed by atoms with Gasteiger partial charge in [-0.2, -0.15) is 26.3 Å². The minimum atomic E-state index is -4.74. The molecule has 5 rings (SSSR count). The fourth-order valence-electron chi connectivity index (χ4n) is 6.21. The van der Waals surface area contributed by atoms with Gasteiger partial charge in [0.2, 0.25) is 5.91 Å². The molecule has 0 saturated carbocycles. The van der Waals surface area contributed by atoms with Crippen LogP contribution in [0.2, 0.25) is 0 Å². The van der Waals surface area contributed by atoms with E-state index in [4.69, 9.17) is 0 Å². The minimum Gasteiger partial charge on any atom is -0.340 e. The lowest BCUT2D eigenvalue weighted by Crippen LogP contribution is -2.64. The van der Waals surface area contributed by atoms with Gasteiger partial charge in [0.1, 0.15) is 17.2 Å². The maximum Gasteiger partial charge on any atom is 0.416 e. The fraction of sp³-hybridized carbons (Fsp3) is 0.387. The van der Waals surface area contributed by atoms with Crippen LogP contribution in [0, 0.1) is 11.6 Å². The average molecular weight is 612 g/mol. The first-order chi connectivity index (χ1) is 20.1. The molecule has 0 radical (unpaired) electrons. The Hall–Kier alpha value is -3.51. The summed E-state index contributed by atoms with van der Waals surface area (Å²) in [5, 5.41) is 0. The van der Waals surface area contributed by atoms with Gasteiger partial charge < -0.3 is 4.90 Å². The molecule has 4 nitrogen and oxygen atoms in total. The Kier molecular flexibility index (Phi) is 8.30. The van der Waals surface area contributed by atoms with E-state index in [1.165, 1.54) is 11.9 Å². The van der Waals surface area contributed by atoms with Crippen molar-refractivity contribution in [1.82, 2.24) is 14.7 Å². The summed E-state index contributed by atoms with van der Waals surface area (Å²) in [7, 11) is 1.48. The molecule has 0 spiro atoms. The number of carbonyl (C=O) groups is 1. The summed E-state index contributed by atoms with van der Waals surface area (Å²) in [6.45, 7) is 1.41. The number of amides is 1.